The first-order valence-electron chi connectivity index (χ1n) is 5.41. The Morgan fingerprint density at radius 3 is 2.82 bits per heavy atom. The molecule has 1 unspecified atom stereocenters. The number of fused-ring (bicyclic) bond motifs is 1. The number of aromatic nitrogens is 1. The Bertz CT molecular complexity index is 535. The molecule has 2 rings (SSSR count). The molecule has 1 heterocycles. The molecule has 0 fully saturated rings. The van der Waals surface area contributed by atoms with Crippen molar-refractivity contribution >= 4 is 33.3 Å². The summed E-state index contributed by atoms with van der Waals surface area (Å²) in [6, 6.07) is 7.66. The molecule has 0 saturated heterocycles. The van der Waals surface area contributed by atoms with E-state index >= 15 is 0 Å². The molecule has 1 amide bonds. The molecule has 0 bridgehead atoms. The summed E-state index contributed by atoms with van der Waals surface area (Å²) in [5, 5.41) is 5.22. The third kappa shape index (κ3) is 2.39. The second-order valence-electron chi connectivity index (χ2n) is 4.13. The maximum atomic E-state index is 11.8. The van der Waals surface area contributed by atoms with E-state index in [0.29, 0.717) is 0 Å². The van der Waals surface area contributed by atoms with Gasteiger partial charge >= 0.3 is 0 Å². The van der Waals surface area contributed by atoms with Crippen LogP contribution in [0.5, 0.6) is 0 Å². The molecule has 0 radical (unpaired) electrons. The number of benzene rings is 1. The average Bonchev–Trinajstić information content (AvgIpc) is 2.71. The van der Waals surface area contributed by atoms with Crippen molar-refractivity contribution in [2.75, 3.05) is 19.4 Å². The van der Waals surface area contributed by atoms with Gasteiger partial charge < -0.3 is 10.2 Å². The molecule has 1 aromatic carbocycles. The summed E-state index contributed by atoms with van der Waals surface area (Å²) < 4.78 is 4.33. The van der Waals surface area contributed by atoms with Crippen LogP contribution in [-0.4, -0.2) is 35.3 Å². The maximum Gasteiger partial charge on any atom is 0.244 e. The van der Waals surface area contributed by atoms with E-state index in [9.17, 15) is 4.79 Å². The molecule has 17 heavy (non-hydrogen) atoms. The van der Waals surface area contributed by atoms with Crippen molar-refractivity contribution in [3.63, 3.8) is 0 Å². The van der Waals surface area contributed by atoms with Gasteiger partial charge in [0, 0.05) is 19.5 Å². The van der Waals surface area contributed by atoms with Gasteiger partial charge in [0.05, 0.1) is 5.52 Å². The Morgan fingerprint density at radius 2 is 2.12 bits per heavy atom. The van der Waals surface area contributed by atoms with Crippen LogP contribution in [0.4, 0.5) is 5.00 Å². The van der Waals surface area contributed by atoms with Crippen molar-refractivity contribution < 1.29 is 4.79 Å². The fourth-order valence-corrected chi connectivity index (χ4v) is 2.49. The zero-order valence-electron chi connectivity index (χ0n) is 10.1. The number of hydrogen-bond donors (Lipinski definition) is 1. The van der Waals surface area contributed by atoms with Gasteiger partial charge in [0.25, 0.3) is 0 Å². The van der Waals surface area contributed by atoms with Crippen LogP contribution < -0.4 is 5.32 Å². The highest BCUT2D eigenvalue weighted by atomic mass is 32.1. The highest BCUT2D eigenvalue weighted by Gasteiger charge is 2.16. The summed E-state index contributed by atoms with van der Waals surface area (Å²) in [6.07, 6.45) is 0. The maximum absolute atomic E-state index is 11.8. The van der Waals surface area contributed by atoms with Crippen LogP contribution in [0, 0.1) is 0 Å². The predicted molar refractivity (Wildman–Crippen MR) is 71.4 cm³/mol. The summed E-state index contributed by atoms with van der Waals surface area (Å²) in [7, 11) is 3.51. The zero-order chi connectivity index (χ0) is 12.4. The molecule has 0 saturated carbocycles. The lowest BCUT2D eigenvalue weighted by Gasteiger charge is -2.17. The normalized spacial score (nSPS) is 12.4. The van der Waals surface area contributed by atoms with Gasteiger partial charge in [-0.2, -0.15) is 4.37 Å². The standard InChI is InChI=1S/C12H15N3OS/c1-8(12(16)15(2)3)13-11-9-6-4-5-7-10(9)14-17-11/h4-8,13H,1-3H3. The first-order valence-corrected chi connectivity index (χ1v) is 6.19. The second-order valence-corrected chi connectivity index (χ2v) is 4.90. The summed E-state index contributed by atoms with van der Waals surface area (Å²) in [6.45, 7) is 1.86. The molecule has 1 atom stereocenters. The molecular formula is C12H15N3OS. The van der Waals surface area contributed by atoms with E-state index in [2.05, 4.69) is 9.69 Å². The van der Waals surface area contributed by atoms with E-state index in [1.54, 1.807) is 19.0 Å². The fourth-order valence-electron chi connectivity index (χ4n) is 1.64. The topological polar surface area (TPSA) is 45.2 Å². The largest absolute Gasteiger partial charge is 0.364 e. The Hall–Kier alpha value is -1.62. The Balaban J connectivity index is 2.21. The number of carbonyl (C=O) groups is 1. The second kappa shape index (κ2) is 4.71. The first kappa shape index (κ1) is 11.9. The zero-order valence-corrected chi connectivity index (χ0v) is 10.9. The molecule has 90 valence electrons. The van der Waals surface area contributed by atoms with Crippen LogP contribution in [-0.2, 0) is 4.79 Å². The number of nitrogens with one attached hydrogen (secondary N) is 1. The number of rotatable bonds is 3. The van der Waals surface area contributed by atoms with Gasteiger partial charge in [0.1, 0.15) is 11.0 Å². The van der Waals surface area contributed by atoms with Crippen LogP contribution in [0.1, 0.15) is 6.92 Å². The molecule has 5 heteroatoms. The fraction of sp³-hybridized carbons (Fsp3) is 0.333. The molecular weight excluding hydrogens is 234 g/mol. The third-order valence-corrected chi connectivity index (χ3v) is 3.35. The third-order valence-electron chi connectivity index (χ3n) is 2.54. The van der Waals surface area contributed by atoms with E-state index in [1.165, 1.54) is 11.5 Å². The van der Waals surface area contributed by atoms with Gasteiger partial charge in [-0.1, -0.05) is 12.1 Å². The van der Waals surface area contributed by atoms with Crippen molar-refractivity contribution in [2.24, 2.45) is 0 Å². The number of hydrogen-bond acceptors (Lipinski definition) is 4. The minimum Gasteiger partial charge on any atom is -0.364 e. The predicted octanol–water partition coefficient (Wildman–Crippen LogP) is 2.18. The Labute approximate surface area is 104 Å². The molecule has 0 spiro atoms. The van der Waals surface area contributed by atoms with Crippen LogP contribution >= 0.6 is 11.5 Å². The van der Waals surface area contributed by atoms with E-state index in [4.69, 9.17) is 0 Å². The van der Waals surface area contributed by atoms with Crippen molar-refractivity contribution in [1.82, 2.24) is 9.27 Å². The number of carbonyl (C=O) groups excluding carboxylic acids is 1. The number of nitrogens with zero attached hydrogens (tertiary/aromatic N) is 2. The van der Waals surface area contributed by atoms with Crippen molar-refractivity contribution in [1.29, 1.82) is 0 Å². The van der Waals surface area contributed by atoms with Crippen LogP contribution in [0.25, 0.3) is 10.9 Å². The van der Waals surface area contributed by atoms with Crippen LogP contribution in [0.2, 0.25) is 0 Å². The minimum atomic E-state index is -0.242. The Morgan fingerprint density at radius 1 is 1.41 bits per heavy atom. The van der Waals surface area contributed by atoms with E-state index < -0.39 is 0 Å². The Kier molecular flexibility index (Phi) is 3.28. The van der Waals surface area contributed by atoms with Crippen LogP contribution in [0.3, 0.4) is 0 Å². The minimum absolute atomic E-state index is 0.0579. The number of anilines is 1. The summed E-state index contributed by atoms with van der Waals surface area (Å²) >= 11 is 1.39. The molecule has 2 aromatic rings. The smallest absolute Gasteiger partial charge is 0.244 e. The van der Waals surface area contributed by atoms with E-state index in [1.807, 2.05) is 31.2 Å². The highest BCUT2D eigenvalue weighted by molar-refractivity contribution is 7.11. The van der Waals surface area contributed by atoms with Gasteiger partial charge in [0.2, 0.25) is 5.91 Å². The molecule has 1 N–H and O–H groups in total. The van der Waals surface area contributed by atoms with Crippen molar-refractivity contribution in [3.8, 4) is 0 Å². The molecule has 4 nitrogen and oxygen atoms in total. The molecule has 1 aromatic heterocycles. The quantitative estimate of drug-likeness (QED) is 0.907. The van der Waals surface area contributed by atoms with Crippen LogP contribution in [0.15, 0.2) is 24.3 Å². The number of amides is 1. The van der Waals surface area contributed by atoms with Crippen molar-refractivity contribution in [3.05, 3.63) is 24.3 Å². The number of likely N-dealkylation sites (N-methyl/N-ethyl adjacent to an activating group) is 1. The van der Waals surface area contributed by atoms with E-state index in [-0.39, 0.29) is 11.9 Å². The monoisotopic (exact) mass is 249 g/mol. The van der Waals surface area contributed by atoms with E-state index in [0.717, 1.165) is 15.9 Å². The van der Waals surface area contributed by atoms with Gasteiger partial charge in [0.15, 0.2) is 0 Å². The SMILES string of the molecule is CC(Nc1snc2ccccc12)C(=O)N(C)C. The summed E-state index contributed by atoms with van der Waals surface area (Å²) in [5.41, 5.74) is 0.963. The molecule has 0 aliphatic heterocycles. The lowest BCUT2D eigenvalue weighted by atomic mass is 10.2. The lowest BCUT2D eigenvalue weighted by molar-refractivity contribution is -0.129. The average molecular weight is 249 g/mol. The summed E-state index contributed by atoms with van der Waals surface area (Å²) in [4.78, 5) is 13.3. The van der Waals surface area contributed by atoms with Gasteiger partial charge in [-0.05, 0) is 30.6 Å². The summed E-state index contributed by atoms with van der Waals surface area (Å²) in [5.74, 6) is 0.0579. The highest BCUT2D eigenvalue weighted by Crippen LogP contribution is 2.27. The van der Waals surface area contributed by atoms with Crippen molar-refractivity contribution in [2.45, 2.75) is 13.0 Å². The first-order chi connectivity index (χ1) is 8.09. The van der Waals surface area contributed by atoms with Gasteiger partial charge in [-0.15, -0.1) is 0 Å². The lowest BCUT2D eigenvalue weighted by Crippen LogP contribution is -2.36. The van der Waals surface area contributed by atoms with Gasteiger partial charge in [-0.3, -0.25) is 4.79 Å². The molecule has 0 aliphatic rings. The molecule has 0 aliphatic carbocycles. The van der Waals surface area contributed by atoms with Gasteiger partial charge in [-0.25, -0.2) is 0 Å².